The van der Waals surface area contributed by atoms with Crippen molar-refractivity contribution in [2.45, 2.75) is 123 Å². The van der Waals surface area contributed by atoms with Gasteiger partial charge < -0.3 is 4.74 Å². The van der Waals surface area contributed by atoms with Gasteiger partial charge in [-0.3, -0.25) is 0 Å². The van der Waals surface area contributed by atoms with Crippen LogP contribution in [0.3, 0.4) is 0 Å². The Morgan fingerprint density at radius 1 is 0.921 bits per heavy atom. The van der Waals surface area contributed by atoms with Crippen molar-refractivity contribution in [1.29, 1.82) is 5.26 Å². The Hall–Kier alpha value is -2.74. The summed E-state index contributed by atoms with van der Waals surface area (Å²) in [6.45, 7) is 5.86. The lowest BCUT2D eigenvalue weighted by Crippen LogP contribution is -2.30. The number of carbonyl (C=O) groups is 1. The molecule has 0 bridgehead atoms. The van der Waals surface area contributed by atoms with Gasteiger partial charge in [-0.25, -0.2) is 14.8 Å². The van der Waals surface area contributed by atoms with Crippen LogP contribution in [0.5, 0.6) is 5.75 Å². The Balaban J connectivity index is 1.42. The van der Waals surface area contributed by atoms with Crippen molar-refractivity contribution in [3.63, 3.8) is 0 Å². The normalized spacial score (nSPS) is 18.9. The number of hydrogen-bond acceptors (Lipinski definition) is 5. The minimum Gasteiger partial charge on any atom is -0.425 e. The standard InChI is InChI=1S/C33H47N3O2/c1-4-6-7-8-9-10-11-12-13-26-14-16-27(17-15-26)29-23-35-31(36-24-29)28-18-20-30(21-19-28)38-32(37)33(3,25-34)22-5-2/h18-21,23-24,26-27H,4-17,22H2,1-3H3. The second-order valence-electron chi connectivity index (χ2n) is 11.4. The highest BCUT2D eigenvalue weighted by atomic mass is 16.5. The Bertz CT molecular complexity index is 1000. The number of carbonyl (C=O) groups excluding carboxylic acids is 1. The molecule has 5 nitrogen and oxygen atoms in total. The van der Waals surface area contributed by atoms with Gasteiger partial charge in [0.15, 0.2) is 11.2 Å². The van der Waals surface area contributed by atoms with E-state index in [9.17, 15) is 10.1 Å². The van der Waals surface area contributed by atoms with E-state index in [1.165, 1.54) is 89.0 Å². The number of hydrogen-bond donors (Lipinski definition) is 0. The highest BCUT2D eigenvalue weighted by molar-refractivity contribution is 5.81. The van der Waals surface area contributed by atoms with Crippen molar-refractivity contribution in [1.82, 2.24) is 9.97 Å². The molecule has 3 rings (SSSR count). The number of ether oxygens (including phenoxy) is 1. The van der Waals surface area contributed by atoms with E-state index < -0.39 is 11.4 Å². The van der Waals surface area contributed by atoms with Crippen LogP contribution in [0.15, 0.2) is 36.7 Å². The molecule has 0 saturated heterocycles. The fourth-order valence-electron chi connectivity index (χ4n) is 5.64. The summed E-state index contributed by atoms with van der Waals surface area (Å²) in [4.78, 5) is 21.8. The van der Waals surface area contributed by atoms with Gasteiger partial charge in [-0.2, -0.15) is 5.26 Å². The minimum absolute atomic E-state index is 0.427. The zero-order valence-corrected chi connectivity index (χ0v) is 23.9. The van der Waals surface area contributed by atoms with Gasteiger partial charge in [0, 0.05) is 18.0 Å². The number of rotatable bonds is 15. The van der Waals surface area contributed by atoms with Gasteiger partial charge in [0.05, 0.1) is 6.07 Å². The Kier molecular flexibility index (Phi) is 12.3. The molecule has 1 saturated carbocycles. The molecule has 1 aliphatic carbocycles. The fourth-order valence-corrected chi connectivity index (χ4v) is 5.64. The zero-order chi connectivity index (χ0) is 27.2. The molecule has 0 aliphatic heterocycles. The van der Waals surface area contributed by atoms with Gasteiger partial charge in [-0.1, -0.05) is 78.1 Å². The lowest BCUT2D eigenvalue weighted by molar-refractivity contribution is -0.142. The summed E-state index contributed by atoms with van der Waals surface area (Å²) in [5, 5.41) is 9.40. The first kappa shape index (κ1) is 29.8. The SMILES string of the molecule is CCCCCCCCCCC1CCC(c2cnc(-c3ccc(OC(=O)C(C)(C#N)CCC)cc3)nc2)CC1. The van der Waals surface area contributed by atoms with E-state index in [1.807, 2.05) is 31.5 Å². The van der Waals surface area contributed by atoms with Gasteiger partial charge in [0.1, 0.15) is 5.75 Å². The van der Waals surface area contributed by atoms with Crippen LogP contribution in [0.2, 0.25) is 0 Å². The molecule has 0 amide bonds. The third kappa shape index (κ3) is 8.93. The third-order valence-corrected chi connectivity index (χ3v) is 8.23. The van der Waals surface area contributed by atoms with Crippen LogP contribution in [0.1, 0.15) is 129 Å². The molecule has 38 heavy (non-hydrogen) atoms. The first-order chi connectivity index (χ1) is 18.5. The van der Waals surface area contributed by atoms with Crippen LogP contribution in [0.25, 0.3) is 11.4 Å². The van der Waals surface area contributed by atoms with Crippen LogP contribution in [-0.4, -0.2) is 15.9 Å². The van der Waals surface area contributed by atoms with Crippen molar-refractivity contribution in [3.05, 3.63) is 42.2 Å². The summed E-state index contributed by atoms with van der Waals surface area (Å²) in [5.74, 6) is 2.05. The van der Waals surface area contributed by atoms with Crippen LogP contribution < -0.4 is 4.74 Å². The predicted molar refractivity (Wildman–Crippen MR) is 154 cm³/mol. The average molecular weight is 518 g/mol. The van der Waals surface area contributed by atoms with E-state index in [4.69, 9.17) is 4.74 Å². The molecule has 0 N–H and O–H groups in total. The molecular formula is C33H47N3O2. The lowest BCUT2D eigenvalue weighted by Gasteiger charge is -2.28. The van der Waals surface area contributed by atoms with Crippen molar-refractivity contribution in [2.75, 3.05) is 0 Å². The summed E-state index contributed by atoms with van der Waals surface area (Å²) in [5.41, 5.74) is 0.998. The van der Waals surface area contributed by atoms with Gasteiger partial charge >= 0.3 is 5.97 Å². The maximum Gasteiger partial charge on any atom is 0.331 e. The largest absolute Gasteiger partial charge is 0.425 e. The Morgan fingerprint density at radius 2 is 1.53 bits per heavy atom. The van der Waals surface area contributed by atoms with Gasteiger partial charge in [-0.05, 0) is 80.7 Å². The summed E-state index contributed by atoms with van der Waals surface area (Å²) in [7, 11) is 0. The topological polar surface area (TPSA) is 75.9 Å². The molecule has 0 radical (unpaired) electrons. The molecule has 206 valence electrons. The molecule has 1 fully saturated rings. The fraction of sp³-hybridized carbons (Fsp3) is 0.636. The van der Waals surface area contributed by atoms with Crippen LogP contribution in [0.4, 0.5) is 0 Å². The summed E-state index contributed by atoms with van der Waals surface area (Å²) < 4.78 is 5.47. The molecule has 1 atom stereocenters. The smallest absolute Gasteiger partial charge is 0.331 e. The summed E-state index contributed by atoms with van der Waals surface area (Å²) in [6.07, 6.45) is 22.9. The van der Waals surface area contributed by atoms with Crippen LogP contribution >= 0.6 is 0 Å². The predicted octanol–water partition coefficient (Wildman–Crippen LogP) is 9.18. The number of esters is 1. The molecule has 1 aliphatic rings. The van der Waals surface area contributed by atoms with Crippen molar-refractivity contribution >= 4 is 5.97 Å². The summed E-state index contributed by atoms with van der Waals surface area (Å²) >= 11 is 0. The number of nitrogens with zero attached hydrogens (tertiary/aromatic N) is 3. The number of unbranched alkanes of at least 4 members (excludes halogenated alkanes) is 7. The second kappa shape index (κ2) is 15.6. The highest BCUT2D eigenvalue weighted by Gasteiger charge is 2.34. The first-order valence-corrected chi connectivity index (χ1v) is 15.0. The highest BCUT2D eigenvalue weighted by Crippen LogP contribution is 2.37. The van der Waals surface area contributed by atoms with Crippen molar-refractivity contribution in [2.24, 2.45) is 11.3 Å². The monoisotopic (exact) mass is 517 g/mol. The molecular weight excluding hydrogens is 470 g/mol. The van der Waals surface area contributed by atoms with Gasteiger partial charge in [0.25, 0.3) is 0 Å². The first-order valence-electron chi connectivity index (χ1n) is 15.0. The molecule has 1 heterocycles. The maximum atomic E-state index is 12.5. The van der Waals surface area contributed by atoms with Crippen LogP contribution in [-0.2, 0) is 4.79 Å². The van der Waals surface area contributed by atoms with Crippen LogP contribution in [0, 0.1) is 22.7 Å². The molecule has 0 spiro atoms. The van der Waals surface area contributed by atoms with Crippen molar-refractivity contribution < 1.29 is 9.53 Å². The minimum atomic E-state index is -1.13. The van der Waals surface area contributed by atoms with E-state index in [2.05, 4.69) is 23.0 Å². The van der Waals surface area contributed by atoms with Crippen molar-refractivity contribution in [3.8, 4) is 23.2 Å². The number of nitriles is 1. The maximum absolute atomic E-state index is 12.5. The third-order valence-electron chi connectivity index (χ3n) is 8.23. The number of aromatic nitrogens is 2. The quantitative estimate of drug-likeness (QED) is 0.134. The summed E-state index contributed by atoms with van der Waals surface area (Å²) in [6, 6.07) is 9.29. The average Bonchev–Trinajstić information content (AvgIpc) is 2.95. The number of benzene rings is 1. The zero-order valence-electron chi connectivity index (χ0n) is 23.9. The second-order valence-corrected chi connectivity index (χ2v) is 11.4. The molecule has 1 unspecified atom stereocenters. The molecule has 2 aromatic rings. The van der Waals surface area contributed by atoms with Gasteiger partial charge in [-0.15, -0.1) is 0 Å². The molecule has 1 aromatic heterocycles. The Morgan fingerprint density at radius 3 is 2.11 bits per heavy atom. The van der Waals surface area contributed by atoms with E-state index in [0.29, 0.717) is 23.9 Å². The van der Waals surface area contributed by atoms with E-state index in [0.717, 1.165) is 17.9 Å². The Labute approximate surface area is 230 Å². The van der Waals surface area contributed by atoms with E-state index in [-0.39, 0.29) is 0 Å². The lowest BCUT2D eigenvalue weighted by atomic mass is 9.77. The van der Waals surface area contributed by atoms with Gasteiger partial charge in [0.2, 0.25) is 0 Å². The molecule has 5 heteroatoms. The van der Waals surface area contributed by atoms with E-state index in [1.54, 1.807) is 19.1 Å². The molecule has 1 aromatic carbocycles. The van der Waals surface area contributed by atoms with E-state index >= 15 is 0 Å².